The molecule has 5 nitrogen and oxygen atoms in total. The Hall–Kier alpha value is -1.62. The first kappa shape index (κ1) is 12.8. The second-order valence-electron chi connectivity index (χ2n) is 4.83. The van der Waals surface area contributed by atoms with Crippen molar-refractivity contribution >= 4 is 28.6 Å². The molecular formula is C12H14ClN3O2. The van der Waals surface area contributed by atoms with Crippen molar-refractivity contribution in [3.8, 4) is 0 Å². The lowest BCUT2D eigenvalue weighted by Gasteiger charge is -2.28. The van der Waals surface area contributed by atoms with E-state index in [1.165, 1.54) is 6.33 Å². The first-order valence-corrected chi connectivity index (χ1v) is 5.94. The molecule has 1 N–H and O–H groups in total. The highest BCUT2D eigenvalue weighted by atomic mass is 35.5. The molecule has 0 fully saturated rings. The summed E-state index contributed by atoms with van der Waals surface area (Å²) in [5.74, 6) is -0.850. The third-order valence-electron chi connectivity index (χ3n) is 3.47. The molecule has 0 saturated heterocycles. The number of rotatable bonds is 3. The van der Waals surface area contributed by atoms with Gasteiger partial charge in [0.1, 0.15) is 17.1 Å². The van der Waals surface area contributed by atoms with Crippen molar-refractivity contribution in [3.63, 3.8) is 0 Å². The first-order chi connectivity index (χ1) is 8.35. The van der Waals surface area contributed by atoms with E-state index >= 15 is 0 Å². The molecule has 2 aromatic heterocycles. The van der Waals surface area contributed by atoms with Gasteiger partial charge in [-0.05, 0) is 26.8 Å². The van der Waals surface area contributed by atoms with E-state index in [0.29, 0.717) is 10.8 Å². The van der Waals surface area contributed by atoms with E-state index in [2.05, 4.69) is 9.97 Å². The second kappa shape index (κ2) is 4.24. The summed E-state index contributed by atoms with van der Waals surface area (Å²) in [5, 5.41) is 10.4. The van der Waals surface area contributed by atoms with Crippen LogP contribution in [-0.2, 0) is 4.79 Å². The number of fused-ring (bicyclic) bond motifs is 1. The highest BCUT2D eigenvalue weighted by molar-refractivity contribution is 6.33. The van der Waals surface area contributed by atoms with Crippen LogP contribution in [0.15, 0.2) is 18.6 Å². The average Bonchev–Trinajstić information content (AvgIpc) is 2.73. The minimum atomic E-state index is -0.899. The lowest BCUT2D eigenvalue weighted by molar-refractivity contribution is -0.149. The van der Waals surface area contributed by atoms with Crippen LogP contribution in [0.1, 0.15) is 26.8 Å². The van der Waals surface area contributed by atoms with Crippen LogP contribution >= 0.6 is 11.6 Å². The van der Waals surface area contributed by atoms with Crippen LogP contribution in [0, 0.1) is 5.41 Å². The van der Waals surface area contributed by atoms with E-state index in [1.54, 1.807) is 26.1 Å². The predicted octanol–water partition coefficient (Wildman–Crippen LogP) is 2.76. The maximum atomic E-state index is 11.3. The molecule has 1 unspecified atom stereocenters. The summed E-state index contributed by atoms with van der Waals surface area (Å²) in [5.41, 5.74) is -0.250. The van der Waals surface area contributed by atoms with Crippen molar-refractivity contribution < 1.29 is 9.90 Å². The number of halogens is 1. The number of aromatic nitrogens is 3. The number of hydrogen-bond acceptors (Lipinski definition) is 3. The Kier molecular flexibility index (Phi) is 3.02. The van der Waals surface area contributed by atoms with E-state index in [1.807, 2.05) is 11.5 Å². The molecule has 96 valence electrons. The van der Waals surface area contributed by atoms with Crippen molar-refractivity contribution in [1.82, 2.24) is 14.5 Å². The van der Waals surface area contributed by atoms with Crippen molar-refractivity contribution in [2.75, 3.05) is 0 Å². The molecule has 0 aliphatic heterocycles. The standard InChI is InChI=1S/C12H14ClN3O2/c1-7(12(2,3)11(17)18)16-5-4-8-9(13)14-6-15-10(8)16/h4-7H,1-3H3,(H,17,18). The minimum Gasteiger partial charge on any atom is -0.481 e. The van der Waals surface area contributed by atoms with E-state index in [4.69, 9.17) is 11.6 Å². The fraction of sp³-hybridized carbons (Fsp3) is 0.417. The van der Waals surface area contributed by atoms with Gasteiger partial charge >= 0.3 is 5.97 Å². The van der Waals surface area contributed by atoms with Gasteiger partial charge in [0.15, 0.2) is 0 Å². The number of carboxylic acids is 1. The molecule has 2 heterocycles. The topological polar surface area (TPSA) is 68.0 Å². The SMILES string of the molecule is CC(n1ccc2c(Cl)ncnc21)C(C)(C)C(=O)O. The number of hydrogen-bond donors (Lipinski definition) is 1. The molecule has 0 spiro atoms. The molecule has 18 heavy (non-hydrogen) atoms. The number of nitrogens with zero attached hydrogens (tertiary/aromatic N) is 3. The van der Waals surface area contributed by atoms with Crippen molar-refractivity contribution in [2.24, 2.45) is 5.41 Å². The summed E-state index contributed by atoms with van der Waals surface area (Å²) >= 11 is 5.97. The summed E-state index contributed by atoms with van der Waals surface area (Å²) in [7, 11) is 0. The monoisotopic (exact) mass is 267 g/mol. The highest BCUT2D eigenvalue weighted by Crippen LogP contribution is 2.34. The summed E-state index contributed by atoms with van der Waals surface area (Å²) < 4.78 is 1.82. The highest BCUT2D eigenvalue weighted by Gasteiger charge is 2.35. The largest absolute Gasteiger partial charge is 0.481 e. The normalized spacial score (nSPS) is 13.8. The second-order valence-corrected chi connectivity index (χ2v) is 5.19. The third-order valence-corrected chi connectivity index (χ3v) is 3.77. The Bertz CT molecular complexity index is 606. The third kappa shape index (κ3) is 1.84. The lowest BCUT2D eigenvalue weighted by Crippen LogP contribution is -2.32. The molecule has 2 rings (SSSR count). The van der Waals surface area contributed by atoms with E-state index in [-0.39, 0.29) is 6.04 Å². The molecule has 0 aliphatic carbocycles. The predicted molar refractivity (Wildman–Crippen MR) is 68.7 cm³/mol. The average molecular weight is 268 g/mol. The van der Waals surface area contributed by atoms with Crippen molar-refractivity contribution in [1.29, 1.82) is 0 Å². The van der Waals surface area contributed by atoms with E-state index in [0.717, 1.165) is 5.39 Å². The summed E-state index contributed by atoms with van der Waals surface area (Å²) in [6.07, 6.45) is 3.17. The molecular weight excluding hydrogens is 254 g/mol. The molecule has 0 aliphatic rings. The fourth-order valence-electron chi connectivity index (χ4n) is 1.78. The fourth-order valence-corrected chi connectivity index (χ4v) is 1.97. The molecule has 0 aromatic carbocycles. The zero-order valence-electron chi connectivity index (χ0n) is 10.4. The van der Waals surface area contributed by atoms with Crippen LogP contribution in [0.25, 0.3) is 11.0 Å². The van der Waals surface area contributed by atoms with Gasteiger partial charge in [-0.3, -0.25) is 4.79 Å². The summed E-state index contributed by atoms with van der Waals surface area (Å²) in [6.45, 7) is 5.23. The van der Waals surface area contributed by atoms with E-state index in [9.17, 15) is 9.90 Å². The first-order valence-electron chi connectivity index (χ1n) is 5.56. The number of carboxylic acid groups (broad SMARTS) is 1. The smallest absolute Gasteiger partial charge is 0.311 e. The maximum absolute atomic E-state index is 11.3. The minimum absolute atomic E-state index is 0.251. The Morgan fingerprint density at radius 2 is 2.17 bits per heavy atom. The quantitative estimate of drug-likeness (QED) is 0.868. The Morgan fingerprint density at radius 1 is 1.50 bits per heavy atom. The molecule has 0 amide bonds. The van der Waals surface area contributed by atoms with Gasteiger partial charge in [0.25, 0.3) is 0 Å². The van der Waals surface area contributed by atoms with Gasteiger partial charge in [-0.15, -0.1) is 0 Å². The zero-order chi connectivity index (χ0) is 13.5. The maximum Gasteiger partial charge on any atom is 0.311 e. The molecule has 1 atom stereocenters. The van der Waals surface area contributed by atoms with Crippen LogP contribution in [-0.4, -0.2) is 25.6 Å². The van der Waals surface area contributed by atoms with Gasteiger partial charge in [-0.2, -0.15) is 0 Å². The van der Waals surface area contributed by atoms with E-state index < -0.39 is 11.4 Å². The molecule has 2 aromatic rings. The molecule has 0 bridgehead atoms. The van der Waals surface area contributed by atoms with Crippen LogP contribution in [0.2, 0.25) is 5.15 Å². The Balaban J connectivity index is 2.56. The zero-order valence-corrected chi connectivity index (χ0v) is 11.1. The van der Waals surface area contributed by atoms with Crippen LogP contribution in [0.4, 0.5) is 0 Å². The lowest BCUT2D eigenvalue weighted by atomic mass is 9.85. The van der Waals surface area contributed by atoms with Crippen LogP contribution < -0.4 is 0 Å². The van der Waals surface area contributed by atoms with Crippen molar-refractivity contribution in [2.45, 2.75) is 26.8 Å². The number of carbonyl (C=O) groups is 1. The van der Waals surface area contributed by atoms with Gasteiger partial charge in [-0.1, -0.05) is 11.6 Å². The molecule has 6 heteroatoms. The van der Waals surface area contributed by atoms with Crippen LogP contribution in [0.3, 0.4) is 0 Å². The van der Waals surface area contributed by atoms with Gasteiger partial charge in [0.2, 0.25) is 0 Å². The van der Waals surface area contributed by atoms with Gasteiger partial charge in [0, 0.05) is 12.2 Å². The summed E-state index contributed by atoms with van der Waals surface area (Å²) in [4.78, 5) is 19.4. The molecule has 0 radical (unpaired) electrons. The van der Waals surface area contributed by atoms with Gasteiger partial charge in [-0.25, -0.2) is 9.97 Å². The summed E-state index contributed by atoms with van der Waals surface area (Å²) in [6, 6.07) is 1.55. The van der Waals surface area contributed by atoms with Crippen molar-refractivity contribution in [3.05, 3.63) is 23.7 Å². The molecule has 0 saturated carbocycles. The Labute approximate surface area is 109 Å². The van der Waals surface area contributed by atoms with Gasteiger partial charge in [0.05, 0.1) is 10.8 Å². The Morgan fingerprint density at radius 3 is 2.78 bits per heavy atom. The number of aliphatic carboxylic acids is 1. The van der Waals surface area contributed by atoms with Crippen LogP contribution in [0.5, 0.6) is 0 Å². The van der Waals surface area contributed by atoms with Gasteiger partial charge < -0.3 is 9.67 Å².